The summed E-state index contributed by atoms with van der Waals surface area (Å²) in [6.45, 7) is 5.41. The average Bonchev–Trinajstić information content (AvgIpc) is 2.92. The molecule has 6 heteroatoms. The van der Waals surface area contributed by atoms with Gasteiger partial charge >= 0.3 is 5.97 Å². The van der Waals surface area contributed by atoms with Crippen molar-refractivity contribution in [2.24, 2.45) is 0 Å². The highest BCUT2D eigenvalue weighted by molar-refractivity contribution is 6.22. The van der Waals surface area contributed by atoms with Crippen molar-refractivity contribution in [3.63, 3.8) is 0 Å². The Morgan fingerprint density at radius 3 is 2.26 bits per heavy atom. The molecule has 1 aliphatic heterocycles. The van der Waals surface area contributed by atoms with Gasteiger partial charge in [0.1, 0.15) is 5.75 Å². The van der Waals surface area contributed by atoms with E-state index in [2.05, 4.69) is 6.58 Å². The zero-order valence-corrected chi connectivity index (χ0v) is 14.7. The third kappa shape index (κ3) is 3.42. The van der Waals surface area contributed by atoms with Gasteiger partial charge in [-0.25, -0.2) is 4.79 Å². The Morgan fingerprint density at radius 2 is 1.63 bits per heavy atom. The lowest BCUT2D eigenvalue weighted by Crippen LogP contribution is -2.29. The highest BCUT2D eigenvalue weighted by atomic mass is 16.5. The van der Waals surface area contributed by atoms with Crippen molar-refractivity contribution in [3.05, 3.63) is 77.4 Å². The van der Waals surface area contributed by atoms with Crippen LogP contribution in [0.4, 0.5) is 0 Å². The maximum absolute atomic E-state index is 12.4. The summed E-state index contributed by atoms with van der Waals surface area (Å²) < 4.78 is 5.29. The van der Waals surface area contributed by atoms with Gasteiger partial charge < -0.3 is 4.74 Å². The second-order valence-electron chi connectivity index (χ2n) is 5.96. The van der Waals surface area contributed by atoms with Gasteiger partial charge in [0.25, 0.3) is 11.8 Å². The number of Topliss-reactive ketones (excluding diaryl/α,β-unsaturated/α-hetero) is 1. The van der Waals surface area contributed by atoms with Crippen LogP contribution in [-0.2, 0) is 0 Å². The maximum Gasteiger partial charge on any atom is 0.343 e. The fraction of sp³-hybridized carbons (Fsp3) is 0.143. The van der Waals surface area contributed by atoms with Gasteiger partial charge in [0.05, 0.1) is 16.7 Å². The molecule has 0 unspecified atom stereocenters. The fourth-order valence-electron chi connectivity index (χ4n) is 2.79. The van der Waals surface area contributed by atoms with Crippen LogP contribution < -0.4 is 4.74 Å². The first-order valence-electron chi connectivity index (χ1n) is 8.42. The lowest BCUT2D eigenvalue weighted by molar-refractivity contribution is 0.0670. The van der Waals surface area contributed by atoms with Gasteiger partial charge in [-0.3, -0.25) is 19.3 Å². The van der Waals surface area contributed by atoms with Crippen molar-refractivity contribution in [1.29, 1.82) is 0 Å². The Bertz CT molecular complexity index is 959. The van der Waals surface area contributed by atoms with E-state index < -0.39 is 17.8 Å². The van der Waals surface area contributed by atoms with Gasteiger partial charge in [-0.1, -0.05) is 13.0 Å². The molecule has 0 spiro atoms. The first-order chi connectivity index (χ1) is 13.0. The largest absolute Gasteiger partial charge is 0.423 e. The number of fused-ring (bicyclic) bond motifs is 1. The van der Waals surface area contributed by atoms with Crippen molar-refractivity contribution in [1.82, 2.24) is 4.90 Å². The molecular formula is C21H17NO5. The monoisotopic (exact) mass is 363 g/mol. The molecule has 1 aliphatic rings. The summed E-state index contributed by atoms with van der Waals surface area (Å²) in [6.07, 6.45) is 1.85. The summed E-state index contributed by atoms with van der Waals surface area (Å²) in [4.78, 5) is 49.6. The van der Waals surface area contributed by atoms with E-state index in [1.165, 1.54) is 36.4 Å². The van der Waals surface area contributed by atoms with E-state index >= 15 is 0 Å². The van der Waals surface area contributed by atoms with Crippen LogP contribution in [-0.4, -0.2) is 35.0 Å². The van der Waals surface area contributed by atoms with E-state index in [0.29, 0.717) is 12.0 Å². The number of esters is 1. The summed E-state index contributed by atoms with van der Waals surface area (Å²) in [6, 6.07) is 10.5. The zero-order chi connectivity index (χ0) is 19.6. The molecule has 0 aliphatic carbocycles. The predicted octanol–water partition coefficient (Wildman–Crippen LogP) is 3.28. The molecule has 0 saturated carbocycles. The number of hydrogen-bond acceptors (Lipinski definition) is 5. The van der Waals surface area contributed by atoms with Crippen LogP contribution >= 0.6 is 0 Å². The van der Waals surface area contributed by atoms with E-state index in [0.717, 1.165) is 4.90 Å². The van der Waals surface area contributed by atoms with Crippen molar-refractivity contribution < 1.29 is 23.9 Å². The van der Waals surface area contributed by atoms with E-state index in [1.807, 2.05) is 0 Å². The molecule has 3 rings (SSSR count). The number of amides is 2. The molecular weight excluding hydrogens is 346 g/mol. The summed E-state index contributed by atoms with van der Waals surface area (Å²) in [5.74, 6) is -1.25. The summed E-state index contributed by atoms with van der Waals surface area (Å²) in [5.41, 5.74) is 1.12. The first kappa shape index (κ1) is 18.3. The molecule has 136 valence electrons. The average molecular weight is 363 g/mol. The fourth-order valence-corrected chi connectivity index (χ4v) is 2.79. The highest BCUT2D eigenvalue weighted by Gasteiger charge is 2.35. The molecule has 2 amide bonds. The highest BCUT2D eigenvalue weighted by Crippen LogP contribution is 2.24. The van der Waals surface area contributed by atoms with Gasteiger partial charge in [-0.05, 0) is 42.5 Å². The normalized spacial score (nSPS) is 12.7. The maximum atomic E-state index is 12.4. The summed E-state index contributed by atoms with van der Waals surface area (Å²) >= 11 is 0. The van der Waals surface area contributed by atoms with Gasteiger partial charge in [-0.15, -0.1) is 6.58 Å². The first-order valence-corrected chi connectivity index (χ1v) is 8.42. The van der Waals surface area contributed by atoms with Crippen molar-refractivity contribution in [2.45, 2.75) is 13.3 Å². The van der Waals surface area contributed by atoms with Crippen LogP contribution in [0.5, 0.6) is 5.75 Å². The van der Waals surface area contributed by atoms with E-state index in [9.17, 15) is 19.2 Å². The van der Waals surface area contributed by atoms with Crippen LogP contribution in [0.1, 0.15) is 54.8 Å². The second-order valence-corrected chi connectivity index (χ2v) is 5.96. The number of hydrogen-bond donors (Lipinski definition) is 0. The second kappa shape index (κ2) is 7.37. The summed E-state index contributed by atoms with van der Waals surface area (Å²) in [7, 11) is 0. The third-order valence-corrected chi connectivity index (χ3v) is 4.23. The van der Waals surface area contributed by atoms with Crippen molar-refractivity contribution in [2.75, 3.05) is 6.54 Å². The number of benzene rings is 2. The third-order valence-electron chi connectivity index (χ3n) is 4.23. The molecule has 0 aromatic heterocycles. The number of carbonyl (C=O) groups excluding carboxylic acids is 4. The lowest BCUT2D eigenvalue weighted by atomic mass is 10.1. The van der Waals surface area contributed by atoms with E-state index in [1.54, 1.807) is 19.1 Å². The molecule has 0 fully saturated rings. The molecule has 0 bridgehead atoms. The molecule has 0 N–H and O–H groups in total. The molecule has 2 aromatic carbocycles. The van der Waals surface area contributed by atoms with Gasteiger partial charge in [0, 0.05) is 18.5 Å². The molecule has 0 radical (unpaired) electrons. The Hall–Kier alpha value is -3.54. The Kier molecular flexibility index (Phi) is 4.98. The molecule has 2 aromatic rings. The van der Waals surface area contributed by atoms with Crippen molar-refractivity contribution in [3.8, 4) is 5.75 Å². The van der Waals surface area contributed by atoms with Crippen LogP contribution in [0, 0.1) is 0 Å². The molecule has 6 nitrogen and oxygen atoms in total. The lowest BCUT2D eigenvalue weighted by Gasteiger charge is -2.09. The number of rotatable bonds is 6. The van der Waals surface area contributed by atoms with Crippen LogP contribution in [0.2, 0.25) is 0 Å². The van der Waals surface area contributed by atoms with Gasteiger partial charge in [0.2, 0.25) is 0 Å². The molecule has 1 heterocycles. The van der Waals surface area contributed by atoms with Gasteiger partial charge in [0.15, 0.2) is 5.78 Å². The minimum atomic E-state index is -0.658. The van der Waals surface area contributed by atoms with E-state index in [4.69, 9.17) is 4.74 Å². The minimum Gasteiger partial charge on any atom is -0.423 e. The van der Waals surface area contributed by atoms with E-state index in [-0.39, 0.29) is 34.8 Å². The predicted molar refractivity (Wildman–Crippen MR) is 98.0 cm³/mol. The summed E-state index contributed by atoms with van der Waals surface area (Å²) in [5, 5.41) is 0. The number of nitrogens with zero attached hydrogens (tertiary/aromatic N) is 1. The van der Waals surface area contributed by atoms with Gasteiger partial charge in [-0.2, -0.15) is 0 Å². The number of imide groups is 1. The quantitative estimate of drug-likeness (QED) is 0.259. The SMILES string of the molecule is C=CCN1C(=O)c2ccc(C(=O)Oc3ccc(C(=O)CC)cc3)cc2C1=O. The van der Waals surface area contributed by atoms with Crippen LogP contribution in [0.3, 0.4) is 0 Å². The zero-order valence-electron chi connectivity index (χ0n) is 14.7. The number of carbonyl (C=O) groups is 4. The molecule has 27 heavy (non-hydrogen) atoms. The number of ketones is 1. The number of ether oxygens (including phenoxy) is 1. The Balaban J connectivity index is 1.79. The Labute approximate surface area is 156 Å². The van der Waals surface area contributed by atoms with Crippen LogP contribution in [0.15, 0.2) is 55.1 Å². The standard InChI is InChI=1S/C21H17NO5/c1-3-11-22-19(24)16-10-7-14(12-17(16)20(22)25)21(26)27-15-8-5-13(6-9-15)18(23)4-2/h3,5-10,12H,1,4,11H2,2H3. The van der Waals surface area contributed by atoms with Crippen molar-refractivity contribution >= 4 is 23.6 Å². The topological polar surface area (TPSA) is 80.8 Å². The van der Waals surface area contributed by atoms with Crippen LogP contribution in [0.25, 0.3) is 0 Å². The minimum absolute atomic E-state index is 0.00115. The molecule has 0 atom stereocenters. The smallest absolute Gasteiger partial charge is 0.343 e. The Morgan fingerprint density at radius 1 is 1.00 bits per heavy atom. The molecule has 0 saturated heterocycles.